The number of amides is 1. The van der Waals surface area contributed by atoms with E-state index >= 15 is 0 Å². The molecule has 5 nitrogen and oxygen atoms in total. The lowest BCUT2D eigenvalue weighted by Crippen LogP contribution is -2.29. The Morgan fingerprint density at radius 3 is 2.41 bits per heavy atom. The molecule has 2 heterocycles. The van der Waals surface area contributed by atoms with Gasteiger partial charge in [-0.05, 0) is 61.4 Å². The van der Waals surface area contributed by atoms with Crippen molar-refractivity contribution in [3.8, 4) is 0 Å². The van der Waals surface area contributed by atoms with Crippen LogP contribution in [0.1, 0.15) is 28.3 Å². The van der Waals surface area contributed by atoms with Crippen molar-refractivity contribution in [3.05, 3.63) is 98.5 Å². The highest BCUT2D eigenvalue weighted by molar-refractivity contribution is 7.22. The highest BCUT2D eigenvalue weighted by Gasteiger charge is 2.48. The van der Waals surface area contributed by atoms with Crippen LogP contribution in [0, 0.1) is 13.8 Å². The Morgan fingerprint density at radius 1 is 0.971 bits per heavy atom. The summed E-state index contributed by atoms with van der Waals surface area (Å²) in [5, 5.41) is 12.8. The molecule has 1 saturated heterocycles. The number of benzene rings is 3. The minimum atomic E-state index is -0.867. The lowest BCUT2D eigenvalue weighted by molar-refractivity contribution is -0.132. The number of carbonyl (C=O) groups excluding carboxylic acids is 2. The van der Waals surface area contributed by atoms with Crippen molar-refractivity contribution in [1.29, 1.82) is 0 Å². The number of rotatable bonds is 3. The van der Waals surface area contributed by atoms with E-state index in [0.29, 0.717) is 31.8 Å². The van der Waals surface area contributed by atoms with Crippen LogP contribution in [0.5, 0.6) is 0 Å². The molecule has 1 aliphatic rings. The fourth-order valence-corrected chi connectivity index (χ4v) is 5.51. The molecule has 0 spiro atoms. The second-order valence-corrected chi connectivity index (χ2v) is 10.0. The normalized spacial score (nSPS) is 17.6. The molecule has 1 fully saturated rings. The summed E-state index contributed by atoms with van der Waals surface area (Å²) in [6.45, 7) is 3.75. The molecule has 0 radical (unpaired) electrons. The first-order chi connectivity index (χ1) is 16.2. The quantitative estimate of drug-likeness (QED) is 0.186. The standard InChI is InChI=1S/C26H18Cl2N2O3S/c1-13-3-4-14(2)18(11-13)23(31)21-22(15-5-7-16(27)8-6-15)30(25(33)24(21)32)26-29-19-10-9-17(28)12-20(19)34-26/h3-12,22,31H,1-2H3. The summed E-state index contributed by atoms with van der Waals surface area (Å²) in [7, 11) is 0. The van der Waals surface area contributed by atoms with E-state index in [2.05, 4.69) is 4.98 Å². The molecule has 1 atom stereocenters. The number of anilines is 1. The molecular weight excluding hydrogens is 491 g/mol. The van der Waals surface area contributed by atoms with Crippen molar-refractivity contribution in [2.24, 2.45) is 0 Å². The number of hydrogen-bond acceptors (Lipinski definition) is 5. The fraction of sp³-hybridized carbons (Fsp3) is 0.115. The van der Waals surface area contributed by atoms with Crippen LogP contribution in [0.4, 0.5) is 5.13 Å². The third kappa shape index (κ3) is 3.78. The fourth-order valence-electron chi connectivity index (χ4n) is 4.12. The minimum absolute atomic E-state index is 0.0123. The molecule has 0 bridgehead atoms. The minimum Gasteiger partial charge on any atom is -0.507 e. The first-order valence-electron chi connectivity index (χ1n) is 10.4. The summed E-state index contributed by atoms with van der Waals surface area (Å²) in [5.74, 6) is -1.74. The number of fused-ring (bicyclic) bond motifs is 1. The van der Waals surface area contributed by atoms with Crippen LogP contribution < -0.4 is 4.90 Å². The van der Waals surface area contributed by atoms with Crippen LogP contribution in [0.3, 0.4) is 0 Å². The number of carbonyl (C=O) groups is 2. The molecule has 5 rings (SSSR count). The van der Waals surface area contributed by atoms with Crippen LogP contribution >= 0.6 is 34.5 Å². The predicted molar refractivity (Wildman–Crippen MR) is 137 cm³/mol. The van der Waals surface area contributed by atoms with Gasteiger partial charge in [0.15, 0.2) is 5.13 Å². The zero-order valence-electron chi connectivity index (χ0n) is 18.2. The number of aliphatic hydroxyl groups excluding tert-OH is 1. The van der Waals surface area contributed by atoms with Gasteiger partial charge in [0.1, 0.15) is 5.76 Å². The number of aromatic nitrogens is 1. The van der Waals surface area contributed by atoms with Gasteiger partial charge in [-0.25, -0.2) is 4.98 Å². The van der Waals surface area contributed by atoms with Gasteiger partial charge in [-0.1, -0.05) is 64.4 Å². The van der Waals surface area contributed by atoms with Gasteiger partial charge in [-0.15, -0.1) is 0 Å². The van der Waals surface area contributed by atoms with Crippen LogP contribution in [-0.2, 0) is 9.59 Å². The van der Waals surface area contributed by atoms with Crippen molar-refractivity contribution in [2.45, 2.75) is 19.9 Å². The topological polar surface area (TPSA) is 70.5 Å². The Kier molecular flexibility index (Phi) is 5.68. The SMILES string of the molecule is Cc1ccc(C)c(C(O)=C2C(=O)C(=O)N(c3nc4ccc(Cl)cc4s3)C2c2ccc(Cl)cc2)c1. The maximum Gasteiger partial charge on any atom is 0.301 e. The van der Waals surface area contributed by atoms with Crippen LogP contribution in [-0.4, -0.2) is 21.8 Å². The lowest BCUT2D eigenvalue weighted by atomic mass is 9.93. The lowest BCUT2D eigenvalue weighted by Gasteiger charge is -2.23. The van der Waals surface area contributed by atoms with E-state index in [-0.39, 0.29) is 11.3 Å². The molecule has 3 aromatic carbocycles. The van der Waals surface area contributed by atoms with E-state index < -0.39 is 17.7 Å². The van der Waals surface area contributed by atoms with Crippen molar-refractivity contribution in [2.75, 3.05) is 4.90 Å². The highest BCUT2D eigenvalue weighted by atomic mass is 35.5. The number of halogens is 2. The van der Waals surface area contributed by atoms with Gasteiger partial charge in [-0.2, -0.15) is 0 Å². The van der Waals surface area contributed by atoms with Gasteiger partial charge in [0.25, 0.3) is 5.78 Å². The summed E-state index contributed by atoms with van der Waals surface area (Å²) in [6, 6.07) is 16.8. The first kappa shape index (κ1) is 22.6. The number of aliphatic hydroxyl groups is 1. The van der Waals surface area contributed by atoms with E-state index in [4.69, 9.17) is 23.2 Å². The van der Waals surface area contributed by atoms with Crippen molar-refractivity contribution >= 4 is 67.3 Å². The third-order valence-corrected chi connectivity index (χ3v) is 7.33. The molecule has 1 aliphatic heterocycles. The summed E-state index contributed by atoms with van der Waals surface area (Å²) in [6.07, 6.45) is 0. The van der Waals surface area contributed by atoms with Gasteiger partial charge in [0, 0.05) is 15.6 Å². The van der Waals surface area contributed by atoms with Gasteiger partial charge < -0.3 is 5.11 Å². The van der Waals surface area contributed by atoms with E-state index in [0.717, 1.165) is 15.8 Å². The van der Waals surface area contributed by atoms with Crippen molar-refractivity contribution in [1.82, 2.24) is 4.98 Å². The number of thiazole rings is 1. The second-order valence-electron chi connectivity index (χ2n) is 8.15. The maximum atomic E-state index is 13.3. The van der Waals surface area contributed by atoms with E-state index in [9.17, 15) is 14.7 Å². The van der Waals surface area contributed by atoms with Gasteiger partial charge >= 0.3 is 5.91 Å². The molecule has 0 saturated carbocycles. The molecule has 8 heteroatoms. The molecule has 170 valence electrons. The zero-order valence-corrected chi connectivity index (χ0v) is 20.5. The number of Topliss-reactive ketones (excluding diaryl/α,β-unsaturated/α-hetero) is 1. The molecule has 4 aromatic rings. The maximum absolute atomic E-state index is 13.3. The molecule has 1 aromatic heterocycles. The number of ketones is 1. The Morgan fingerprint density at radius 2 is 1.68 bits per heavy atom. The molecule has 34 heavy (non-hydrogen) atoms. The zero-order chi connectivity index (χ0) is 24.1. The summed E-state index contributed by atoms with van der Waals surface area (Å²) < 4.78 is 0.786. The predicted octanol–water partition coefficient (Wildman–Crippen LogP) is 6.85. The summed E-state index contributed by atoms with van der Waals surface area (Å²) in [4.78, 5) is 32.6. The Labute approximate surface area is 209 Å². The number of nitrogens with zero attached hydrogens (tertiary/aromatic N) is 2. The molecule has 1 unspecified atom stereocenters. The summed E-state index contributed by atoms with van der Waals surface area (Å²) >= 11 is 13.5. The number of hydrogen-bond donors (Lipinski definition) is 1. The monoisotopic (exact) mass is 508 g/mol. The smallest absolute Gasteiger partial charge is 0.301 e. The largest absolute Gasteiger partial charge is 0.507 e. The summed E-state index contributed by atoms with van der Waals surface area (Å²) in [5.41, 5.74) is 3.53. The molecule has 1 N–H and O–H groups in total. The third-order valence-electron chi connectivity index (χ3n) is 5.82. The number of aryl methyl sites for hydroxylation is 2. The van der Waals surface area contributed by atoms with Gasteiger partial charge in [0.2, 0.25) is 0 Å². The Bertz CT molecular complexity index is 1510. The van der Waals surface area contributed by atoms with Crippen molar-refractivity contribution in [3.63, 3.8) is 0 Å². The van der Waals surface area contributed by atoms with Crippen LogP contribution in [0.15, 0.2) is 66.2 Å². The Hall–Kier alpha value is -3.19. The molecular formula is C26H18Cl2N2O3S. The van der Waals surface area contributed by atoms with Gasteiger partial charge in [-0.3, -0.25) is 14.5 Å². The van der Waals surface area contributed by atoms with Crippen LogP contribution in [0.2, 0.25) is 10.0 Å². The first-order valence-corrected chi connectivity index (χ1v) is 12.0. The van der Waals surface area contributed by atoms with Crippen molar-refractivity contribution < 1.29 is 14.7 Å². The highest BCUT2D eigenvalue weighted by Crippen LogP contribution is 2.45. The van der Waals surface area contributed by atoms with E-state index in [1.54, 1.807) is 48.5 Å². The second kappa shape index (κ2) is 8.55. The van der Waals surface area contributed by atoms with E-state index in [1.807, 2.05) is 26.0 Å². The molecule has 0 aliphatic carbocycles. The van der Waals surface area contributed by atoms with Gasteiger partial charge in [0.05, 0.1) is 21.8 Å². The average Bonchev–Trinajstić information content (AvgIpc) is 3.33. The Balaban J connectivity index is 1.76. The van der Waals surface area contributed by atoms with Crippen LogP contribution in [0.25, 0.3) is 16.0 Å². The molecule has 1 amide bonds. The average molecular weight is 509 g/mol. The van der Waals surface area contributed by atoms with E-state index in [1.165, 1.54) is 16.2 Å².